The van der Waals surface area contributed by atoms with Gasteiger partial charge in [-0.1, -0.05) is 246 Å². The first-order chi connectivity index (χ1) is 70.8. The molecule has 3 aliphatic carbocycles. The first kappa shape index (κ1) is 92.0. The fraction of sp³-hybridized carbons (Fsp3) is 0.0698. The Balaban J connectivity index is 0.000000114. The summed E-state index contributed by atoms with van der Waals surface area (Å²) < 4.78 is 13.4. The molecule has 0 saturated heterocycles. The first-order valence-corrected chi connectivity index (χ1v) is 48.9. The normalized spacial score (nSPS) is 13.4. The van der Waals surface area contributed by atoms with E-state index in [9.17, 15) is 0 Å². The average molecular weight is 2440 g/mol. The van der Waals surface area contributed by atoms with E-state index in [1.54, 1.807) is 0 Å². The summed E-state index contributed by atoms with van der Waals surface area (Å²) in [4.78, 5) is 28.1. The molecule has 0 unspecified atom stereocenters. The van der Waals surface area contributed by atoms with Crippen LogP contribution in [0.5, 0.6) is 0 Å². The number of para-hydroxylation sites is 5. The minimum absolute atomic E-state index is 0. The van der Waals surface area contributed by atoms with Crippen molar-refractivity contribution in [1.82, 2.24) is 57.1 Å². The molecule has 9 heterocycles. The number of hydrogen-bond acceptors (Lipinski definition) is 9. The van der Waals surface area contributed by atoms with E-state index in [-0.39, 0.29) is 63.2 Å². The predicted molar refractivity (Wildman–Crippen MR) is 587 cm³/mol. The summed E-state index contributed by atoms with van der Waals surface area (Å²) in [6.07, 6.45) is 15.2. The minimum atomic E-state index is 0. The van der Waals surface area contributed by atoms with Crippen molar-refractivity contribution < 1.29 is 63.2 Å². The van der Waals surface area contributed by atoms with Crippen LogP contribution in [0.2, 0.25) is 0 Å². The number of imidazole rings is 3. The van der Waals surface area contributed by atoms with Gasteiger partial charge in [-0.2, -0.15) is 38.2 Å². The predicted octanol–water partition coefficient (Wildman–Crippen LogP) is 28.5. The second kappa shape index (κ2) is 36.9. The molecule has 18 aromatic carbocycles. The van der Waals surface area contributed by atoms with Gasteiger partial charge in [-0.25, -0.2) is 0 Å². The number of rotatable bonds is 12. The number of nitrogens with zero attached hydrogens (tertiary/aromatic N) is 15. The summed E-state index contributed by atoms with van der Waals surface area (Å²) in [6, 6.07) is 147. The van der Waals surface area contributed by atoms with Crippen LogP contribution in [0.25, 0.3) is 217 Å². The van der Waals surface area contributed by atoms with Crippen LogP contribution in [0.3, 0.4) is 0 Å². The molecule has 24 aromatic rings. The molecular weight excluding hydrogens is 2340 g/mol. The average Bonchev–Trinajstić information content (AvgIpc) is 1.58. The Kier molecular flexibility index (Phi) is 23.1. The minimum Gasteiger partial charge on any atom is -0.510 e. The second-order valence-electron chi connectivity index (χ2n) is 38.3. The topological polar surface area (TPSA) is 87.7 Å². The Morgan fingerprint density at radius 1 is 0.231 bits per heavy atom. The summed E-state index contributed by atoms with van der Waals surface area (Å²) in [5.41, 5.74) is 44.9. The van der Waals surface area contributed by atoms with Crippen molar-refractivity contribution in [3.05, 3.63) is 473 Å². The molecule has 15 nitrogen and oxygen atoms in total. The SMILES string of the molecule is CN1C=CN(c2[c-]c(-n3c4[c-]c(-c5nc6c(-c7ccc8c(c7)Cc7ccccc7-8)cccc6n5C)ccc4c4ccccc43)ccc2)[CH-]1.CN1C=CN(c2[c-]c(-n3c4[c-]c(-c5nc6cc(-c7ccc8c(c7)Cc7ccccc7-8)ccc6n5C)ccc4c4ccccc43)ccc2)[CH-]1.CN1C=CN(c2[c-]c(-n3c4[c-]c(-c5nc6cccc(-c7ccc8c(c7)Cc7ccccc7-8)c6n5C)ccc4c4ccccc43)ccc2)[CH-]1.[Pt].[Pt].[Pt]. The van der Waals surface area contributed by atoms with Gasteiger partial charge in [0.05, 0.1) is 50.6 Å². The molecule has 0 amide bonds. The maximum atomic E-state index is 5.32. The van der Waals surface area contributed by atoms with E-state index in [1.165, 1.54) is 111 Å². The van der Waals surface area contributed by atoms with E-state index in [2.05, 4.69) is 445 Å². The molecule has 0 fully saturated rings. The molecule has 0 saturated carbocycles. The van der Waals surface area contributed by atoms with Gasteiger partial charge in [0.1, 0.15) is 0 Å². The van der Waals surface area contributed by atoms with Crippen molar-refractivity contribution in [2.75, 3.05) is 35.8 Å². The van der Waals surface area contributed by atoms with Gasteiger partial charge in [-0.15, -0.1) is 143 Å². The van der Waals surface area contributed by atoms with Crippen molar-refractivity contribution in [3.8, 4) is 118 Å². The van der Waals surface area contributed by atoms with Gasteiger partial charge in [0.2, 0.25) is 0 Å². The molecular formula is C129H90N15Pt3-9. The zero-order valence-corrected chi connectivity index (χ0v) is 87.7. The van der Waals surface area contributed by atoms with Gasteiger partial charge in [-0.3, -0.25) is 15.0 Å². The number of benzene rings is 18. The Hall–Kier alpha value is -16.1. The van der Waals surface area contributed by atoms with Crippen LogP contribution in [-0.2, 0) is 104 Å². The third-order valence-electron chi connectivity index (χ3n) is 29.7. The molecule has 6 aromatic heterocycles. The summed E-state index contributed by atoms with van der Waals surface area (Å²) in [6.45, 7) is 6.15. The number of fused-ring (bicyclic) bond motifs is 21. The molecule has 720 valence electrons. The number of hydrogen-bond donors (Lipinski definition) is 0. The van der Waals surface area contributed by atoms with Crippen molar-refractivity contribution in [2.24, 2.45) is 21.1 Å². The third-order valence-corrected chi connectivity index (χ3v) is 29.7. The maximum Gasteiger partial charge on any atom is 0.0849 e. The molecule has 0 atom stereocenters. The smallest absolute Gasteiger partial charge is 0.0849 e. The van der Waals surface area contributed by atoms with Crippen LogP contribution in [0.4, 0.5) is 17.1 Å². The second-order valence-corrected chi connectivity index (χ2v) is 38.3. The molecule has 0 radical (unpaired) electrons. The van der Waals surface area contributed by atoms with Crippen LogP contribution >= 0.6 is 0 Å². The van der Waals surface area contributed by atoms with E-state index in [0.29, 0.717) is 0 Å². The molecule has 6 aliphatic rings. The summed E-state index contributed by atoms with van der Waals surface area (Å²) >= 11 is 0. The summed E-state index contributed by atoms with van der Waals surface area (Å²) in [7, 11) is 12.4. The third kappa shape index (κ3) is 15.5. The Morgan fingerprint density at radius 3 is 1.01 bits per heavy atom. The van der Waals surface area contributed by atoms with Crippen LogP contribution in [0.15, 0.2) is 383 Å². The Morgan fingerprint density at radius 2 is 0.565 bits per heavy atom. The molecule has 0 spiro atoms. The van der Waals surface area contributed by atoms with E-state index in [4.69, 9.17) is 15.0 Å². The van der Waals surface area contributed by atoms with Crippen LogP contribution in [0.1, 0.15) is 33.4 Å². The fourth-order valence-electron chi connectivity index (χ4n) is 22.8. The number of aromatic nitrogens is 9. The Labute approximate surface area is 895 Å². The maximum absolute atomic E-state index is 5.32. The summed E-state index contributed by atoms with van der Waals surface area (Å²) in [5, 5.41) is 7.02. The largest absolute Gasteiger partial charge is 0.510 e. The Bertz CT molecular complexity index is 9420. The van der Waals surface area contributed by atoms with E-state index in [1.807, 2.05) is 93.0 Å². The fourth-order valence-corrected chi connectivity index (χ4v) is 22.8. The van der Waals surface area contributed by atoms with Gasteiger partial charge < -0.3 is 56.8 Å². The summed E-state index contributed by atoms with van der Waals surface area (Å²) in [5.74, 6) is 2.67. The molecule has 18 heteroatoms. The van der Waals surface area contributed by atoms with Crippen molar-refractivity contribution in [3.63, 3.8) is 0 Å². The molecule has 30 rings (SSSR count). The van der Waals surface area contributed by atoms with E-state index >= 15 is 0 Å². The van der Waals surface area contributed by atoms with E-state index < -0.39 is 0 Å². The number of anilines is 3. The molecule has 0 N–H and O–H groups in total. The first-order valence-electron chi connectivity index (χ1n) is 48.9. The van der Waals surface area contributed by atoms with Gasteiger partial charge in [0.25, 0.3) is 0 Å². The van der Waals surface area contributed by atoms with Crippen LogP contribution in [-0.4, -0.2) is 78.2 Å². The van der Waals surface area contributed by atoms with Gasteiger partial charge >= 0.3 is 0 Å². The van der Waals surface area contributed by atoms with E-state index in [0.717, 1.165) is 175 Å². The van der Waals surface area contributed by atoms with Gasteiger partial charge in [0, 0.05) is 112 Å². The number of aryl methyl sites for hydroxylation is 3. The van der Waals surface area contributed by atoms with Gasteiger partial charge in [-0.05, 0) is 242 Å². The van der Waals surface area contributed by atoms with Crippen LogP contribution in [0, 0.1) is 56.4 Å². The quantitative estimate of drug-likeness (QED) is 0.111. The van der Waals surface area contributed by atoms with Crippen molar-refractivity contribution in [1.29, 1.82) is 0 Å². The monoisotopic (exact) mass is 2430 g/mol. The van der Waals surface area contributed by atoms with Crippen LogP contribution < -0.4 is 14.7 Å². The molecule has 0 bridgehead atoms. The van der Waals surface area contributed by atoms with Crippen molar-refractivity contribution >= 4 is 116 Å². The zero-order chi connectivity index (χ0) is 95.8. The standard InChI is InChI=1S/3C43H30N5.3Pt/c1-45-21-22-47(27-45)32-10-7-11-33(26-32)48-40-16-6-5-13-37(40)38-20-18-30(25-41(38)48)43-44-39-15-8-14-36(42(39)46(43)2)29-17-19-35-31(24-29)23-28-9-3-4-12-34(28)35;1-45-21-22-47(27-45)32-10-7-11-33(26-32)48-39-15-6-5-13-37(39)38-20-18-30(25-41(38)48)43-44-42-36(14-8-16-40(42)46(43)2)29-17-19-35-31(24-29)23-28-9-3-4-12-34(28)35;1-45-20-21-47(27-45)33-9-7-10-34(26-33)48-40-13-6-5-12-37(40)38-18-15-31(25-42(38)48)43-44-39-24-29(16-19-41(39)46(43)2)28-14-17-36-32(22-28)23-30-8-3-4-11-35(30)36;;;/h3*3-22,24,27H,23H2,1-2H3;;;/q3*-3;;;. The van der Waals surface area contributed by atoms with Gasteiger partial charge in [0.15, 0.2) is 0 Å². The molecule has 3 aliphatic heterocycles. The zero-order valence-electron chi connectivity index (χ0n) is 80.9. The molecule has 147 heavy (non-hydrogen) atoms. The van der Waals surface area contributed by atoms with Crippen molar-refractivity contribution in [2.45, 2.75) is 19.3 Å².